The molecule has 6 nitrogen and oxygen atoms in total. The van der Waals surface area contributed by atoms with Crippen molar-refractivity contribution in [2.75, 3.05) is 5.32 Å². The number of amides is 1. The Labute approximate surface area is 168 Å². The van der Waals surface area contributed by atoms with Gasteiger partial charge in [0.05, 0.1) is 15.7 Å². The molecule has 0 atom stereocenters. The van der Waals surface area contributed by atoms with E-state index < -0.39 is 0 Å². The van der Waals surface area contributed by atoms with E-state index in [9.17, 15) is 4.79 Å². The molecule has 1 aliphatic rings. The molecule has 3 heterocycles. The summed E-state index contributed by atoms with van der Waals surface area (Å²) in [4.78, 5) is 16.4. The highest BCUT2D eigenvalue weighted by atomic mass is 35.5. The molecule has 1 aromatic carbocycles. The number of aromatic amines is 1. The van der Waals surface area contributed by atoms with E-state index in [0.29, 0.717) is 26.6 Å². The zero-order chi connectivity index (χ0) is 18.5. The van der Waals surface area contributed by atoms with Gasteiger partial charge in [-0.05, 0) is 31.0 Å². The second-order valence-corrected chi connectivity index (χ2v) is 8.16. The van der Waals surface area contributed by atoms with Crippen molar-refractivity contribution in [2.24, 2.45) is 5.92 Å². The average Bonchev–Trinajstić information content (AvgIpc) is 3.08. The van der Waals surface area contributed by atoms with Crippen LogP contribution in [0.5, 0.6) is 0 Å². The quantitative estimate of drug-likeness (QED) is 0.482. The van der Waals surface area contributed by atoms with E-state index in [4.69, 9.17) is 23.2 Å². The minimum atomic E-state index is 0.0354. The Balaban J connectivity index is 1.56. The number of hydrogen-bond donors (Lipinski definition) is 2. The van der Waals surface area contributed by atoms with Gasteiger partial charge in [-0.15, -0.1) is 0 Å². The number of carbonyl (C=O) groups excluding carboxylic acids is 1. The van der Waals surface area contributed by atoms with Crippen molar-refractivity contribution in [1.29, 1.82) is 0 Å². The standard InChI is InChI=1S/C18H13Cl2N5OS/c19-11-4-1-3-10(13(11)20)12-5-2-8-25(12)16-14-15(23-24-16)21-18(27-14)22-17(26)9-6-7-9/h1-5,8-9H,6-7H2,(H2,21,22,23,24,26). The maximum atomic E-state index is 12.0. The largest absolute Gasteiger partial charge is 0.302 e. The highest BCUT2D eigenvalue weighted by Gasteiger charge is 2.30. The van der Waals surface area contributed by atoms with Crippen molar-refractivity contribution in [1.82, 2.24) is 19.7 Å². The first-order valence-electron chi connectivity index (χ1n) is 8.39. The topological polar surface area (TPSA) is 75.6 Å². The Morgan fingerprint density at radius 1 is 1.26 bits per heavy atom. The van der Waals surface area contributed by atoms with Gasteiger partial charge in [0.1, 0.15) is 4.70 Å². The first kappa shape index (κ1) is 16.8. The fourth-order valence-corrected chi connectivity index (χ4v) is 4.26. The number of rotatable bonds is 4. The number of carbonyl (C=O) groups is 1. The van der Waals surface area contributed by atoms with Gasteiger partial charge in [-0.25, -0.2) is 4.98 Å². The maximum Gasteiger partial charge on any atom is 0.229 e. The van der Waals surface area contributed by atoms with Crippen molar-refractivity contribution in [2.45, 2.75) is 12.8 Å². The molecular weight excluding hydrogens is 405 g/mol. The van der Waals surface area contributed by atoms with Crippen molar-refractivity contribution in [3.05, 3.63) is 46.6 Å². The number of thiazole rings is 1. The molecule has 0 spiro atoms. The summed E-state index contributed by atoms with van der Waals surface area (Å²) in [7, 11) is 0. The molecule has 0 radical (unpaired) electrons. The smallest absolute Gasteiger partial charge is 0.229 e. The summed E-state index contributed by atoms with van der Waals surface area (Å²) >= 11 is 14.0. The number of halogens is 2. The van der Waals surface area contributed by atoms with Crippen LogP contribution in [0.25, 0.3) is 27.4 Å². The molecule has 0 aliphatic heterocycles. The second kappa shape index (κ2) is 6.37. The van der Waals surface area contributed by atoms with Crippen molar-refractivity contribution in [3.8, 4) is 17.1 Å². The molecule has 136 valence electrons. The third-order valence-electron chi connectivity index (χ3n) is 4.48. The Hall–Kier alpha value is -2.35. The Morgan fingerprint density at radius 2 is 2.11 bits per heavy atom. The van der Waals surface area contributed by atoms with Crippen LogP contribution < -0.4 is 5.32 Å². The minimum Gasteiger partial charge on any atom is -0.302 e. The van der Waals surface area contributed by atoms with Gasteiger partial charge in [-0.2, -0.15) is 5.10 Å². The zero-order valence-corrected chi connectivity index (χ0v) is 16.2. The van der Waals surface area contributed by atoms with Crippen molar-refractivity contribution >= 4 is 55.9 Å². The number of benzene rings is 1. The van der Waals surface area contributed by atoms with Crippen LogP contribution in [0.15, 0.2) is 36.5 Å². The predicted octanol–water partition coefficient (Wildman–Crippen LogP) is 5.13. The van der Waals surface area contributed by atoms with E-state index in [0.717, 1.165) is 28.8 Å². The molecule has 3 aromatic heterocycles. The van der Waals surface area contributed by atoms with Crippen LogP contribution in [-0.4, -0.2) is 25.7 Å². The third-order valence-corrected chi connectivity index (χ3v) is 6.27. The molecule has 5 rings (SSSR count). The monoisotopic (exact) mass is 417 g/mol. The lowest BCUT2D eigenvalue weighted by Gasteiger charge is -2.09. The zero-order valence-electron chi connectivity index (χ0n) is 13.9. The van der Waals surface area contributed by atoms with E-state index in [2.05, 4.69) is 20.5 Å². The molecule has 1 aliphatic carbocycles. The third kappa shape index (κ3) is 2.92. The molecule has 1 amide bonds. The summed E-state index contributed by atoms with van der Waals surface area (Å²) in [6, 6.07) is 9.40. The van der Waals surface area contributed by atoms with Crippen molar-refractivity contribution in [3.63, 3.8) is 0 Å². The predicted molar refractivity (Wildman–Crippen MR) is 108 cm³/mol. The lowest BCUT2D eigenvalue weighted by molar-refractivity contribution is -0.117. The number of nitrogens with zero attached hydrogens (tertiary/aromatic N) is 3. The van der Waals surface area contributed by atoms with E-state index in [1.165, 1.54) is 11.3 Å². The van der Waals surface area contributed by atoms with Crippen LogP contribution in [0.2, 0.25) is 10.0 Å². The van der Waals surface area contributed by atoms with Crippen LogP contribution in [-0.2, 0) is 4.79 Å². The summed E-state index contributed by atoms with van der Waals surface area (Å²) in [6.45, 7) is 0. The molecule has 0 unspecified atom stereocenters. The molecular formula is C18H13Cl2N5OS. The molecule has 0 saturated heterocycles. The van der Waals surface area contributed by atoms with Gasteiger partial charge in [0.2, 0.25) is 5.91 Å². The first-order chi connectivity index (χ1) is 13.1. The Morgan fingerprint density at radius 3 is 2.93 bits per heavy atom. The van der Waals surface area contributed by atoms with Crippen molar-refractivity contribution < 1.29 is 4.79 Å². The lowest BCUT2D eigenvalue weighted by atomic mass is 10.1. The first-order valence-corrected chi connectivity index (χ1v) is 9.97. The highest BCUT2D eigenvalue weighted by Crippen LogP contribution is 2.37. The van der Waals surface area contributed by atoms with Crippen LogP contribution >= 0.6 is 34.5 Å². The fraction of sp³-hybridized carbons (Fsp3) is 0.167. The van der Waals surface area contributed by atoms with Gasteiger partial charge >= 0.3 is 0 Å². The summed E-state index contributed by atoms with van der Waals surface area (Å²) in [5, 5.41) is 11.8. The van der Waals surface area contributed by atoms with Gasteiger partial charge in [-0.1, -0.05) is 46.7 Å². The molecule has 27 heavy (non-hydrogen) atoms. The van der Waals surface area contributed by atoms with Gasteiger partial charge in [-0.3, -0.25) is 14.5 Å². The summed E-state index contributed by atoms with van der Waals surface area (Å²) in [5.41, 5.74) is 2.32. The van der Waals surface area contributed by atoms with Crippen LogP contribution in [0.1, 0.15) is 12.8 Å². The molecule has 0 bridgehead atoms. The second-order valence-electron chi connectivity index (χ2n) is 6.37. The van der Waals surface area contributed by atoms with E-state index in [1.54, 1.807) is 6.07 Å². The summed E-state index contributed by atoms with van der Waals surface area (Å²) < 4.78 is 2.79. The van der Waals surface area contributed by atoms with Crippen LogP contribution in [0, 0.1) is 5.92 Å². The van der Waals surface area contributed by atoms with Crippen LogP contribution in [0.4, 0.5) is 5.13 Å². The number of fused-ring (bicyclic) bond motifs is 1. The Kier molecular flexibility index (Phi) is 3.96. The molecule has 1 saturated carbocycles. The molecule has 9 heteroatoms. The number of nitrogens with one attached hydrogen (secondary N) is 2. The van der Waals surface area contributed by atoms with Gasteiger partial charge in [0.25, 0.3) is 0 Å². The average molecular weight is 418 g/mol. The highest BCUT2D eigenvalue weighted by molar-refractivity contribution is 7.22. The summed E-state index contributed by atoms with van der Waals surface area (Å²) in [6.07, 6.45) is 3.81. The lowest BCUT2D eigenvalue weighted by Crippen LogP contribution is -2.12. The van der Waals surface area contributed by atoms with E-state index >= 15 is 0 Å². The van der Waals surface area contributed by atoms with E-state index in [1.807, 2.05) is 35.0 Å². The molecule has 1 fully saturated rings. The molecule has 4 aromatic rings. The van der Waals surface area contributed by atoms with Gasteiger partial charge in [0.15, 0.2) is 16.6 Å². The maximum absolute atomic E-state index is 12.0. The summed E-state index contributed by atoms with van der Waals surface area (Å²) in [5.74, 6) is 0.865. The Bertz CT molecular complexity index is 1170. The van der Waals surface area contributed by atoms with Gasteiger partial charge < -0.3 is 5.32 Å². The minimum absolute atomic E-state index is 0.0354. The number of H-pyrrole nitrogens is 1. The van der Waals surface area contributed by atoms with Crippen LogP contribution in [0.3, 0.4) is 0 Å². The van der Waals surface area contributed by atoms with Gasteiger partial charge in [0, 0.05) is 17.7 Å². The normalized spacial score (nSPS) is 14.0. The number of aromatic nitrogens is 4. The fourth-order valence-electron chi connectivity index (χ4n) is 2.96. The SMILES string of the molecule is O=C(Nc1nc2[nH]nc(-n3cccc3-c3cccc(Cl)c3Cl)c2s1)C1CC1. The number of anilines is 1. The molecule has 2 N–H and O–H groups in total. The van der Waals surface area contributed by atoms with E-state index in [-0.39, 0.29) is 11.8 Å². The number of hydrogen-bond acceptors (Lipinski definition) is 4.